The van der Waals surface area contributed by atoms with Gasteiger partial charge in [-0.3, -0.25) is 4.79 Å². The summed E-state index contributed by atoms with van der Waals surface area (Å²) in [5, 5.41) is 12.9. The second-order valence-electron chi connectivity index (χ2n) is 5.71. The van der Waals surface area contributed by atoms with Crippen LogP contribution in [0.2, 0.25) is 0 Å². The smallest absolute Gasteiger partial charge is 0.251 e. The lowest BCUT2D eigenvalue weighted by atomic mass is 10.1. The number of benzene rings is 1. The number of fused-ring (bicyclic) bond motifs is 1. The van der Waals surface area contributed by atoms with Crippen molar-refractivity contribution in [3.8, 4) is 0 Å². The van der Waals surface area contributed by atoms with E-state index in [1.54, 1.807) is 38.1 Å². The monoisotopic (exact) mass is 293 g/mol. The number of carbonyl (C=O) groups excluding carboxylic acids is 1. The van der Waals surface area contributed by atoms with Crippen molar-refractivity contribution in [3.05, 3.63) is 35.9 Å². The van der Waals surface area contributed by atoms with Crippen LogP contribution < -0.4 is 5.32 Å². The van der Waals surface area contributed by atoms with E-state index in [1.165, 1.54) is 0 Å². The molecule has 3 rings (SSSR count). The minimum Gasteiger partial charge on any atom is -0.387 e. The first-order valence-corrected chi connectivity index (χ1v) is 6.99. The van der Waals surface area contributed by atoms with E-state index < -0.39 is 30.4 Å². The molecule has 0 radical (unpaired) electrons. The Morgan fingerprint density at radius 2 is 2.00 bits per heavy atom. The van der Waals surface area contributed by atoms with Crippen molar-refractivity contribution >= 4 is 5.91 Å². The van der Waals surface area contributed by atoms with Crippen molar-refractivity contribution in [1.82, 2.24) is 5.32 Å². The molecule has 2 saturated heterocycles. The standard InChI is InChI=1S/C15H19NO5/c1-15(2)20-12-11(17)10(19-14(12)21-15)8-16-13(18)9-6-4-3-5-7-9/h3-7,10-12,14,17H,8H2,1-2H3,(H,16,18)/t10-,11+,12-,14+/m0/s1. The fourth-order valence-corrected chi connectivity index (χ4v) is 2.61. The van der Waals surface area contributed by atoms with Gasteiger partial charge in [-0.25, -0.2) is 0 Å². The molecule has 0 unspecified atom stereocenters. The van der Waals surface area contributed by atoms with E-state index in [0.29, 0.717) is 5.56 Å². The van der Waals surface area contributed by atoms with Crippen LogP contribution in [0.1, 0.15) is 24.2 Å². The number of rotatable bonds is 3. The Bertz CT molecular complexity index is 518. The lowest BCUT2D eigenvalue weighted by Crippen LogP contribution is -2.41. The number of carbonyl (C=O) groups is 1. The molecule has 0 aliphatic carbocycles. The Balaban J connectivity index is 1.55. The molecule has 21 heavy (non-hydrogen) atoms. The van der Waals surface area contributed by atoms with Crippen LogP contribution in [0.15, 0.2) is 30.3 Å². The maximum Gasteiger partial charge on any atom is 0.251 e. The minimum atomic E-state index is -0.826. The van der Waals surface area contributed by atoms with Gasteiger partial charge in [0, 0.05) is 12.1 Å². The van der Waals surface area contributed by atoms with Crippen molar-refractivity contribution in [2.75, 3.05) is 6.54 Å². The van der Waals surface area contributed by atoms with Gasteiger partial charge in [-0.05, 0) is 26.0 Å². The van der Waals surface area contributed by atoms with Crippen molar-refractivity contribution in [1.29, 1.82) is 0 Å². The van der Waals surface area contributed by atoms with E-state index in [9.17, 15) is 9.90 Å². The van der Waals surface area contributed by atoms with Gasteiger partial charge in [0.05, 0.1) is 0 Å². The second-order valence-corrected chi connectivity index (χ2v) is 5.71. The summed E-state index contributed by atoms with van der Waals surface area (Å²) < 4.78 is 16.8. The van der Waals surface area contributed by atoms with E-state index >= 15 is 0 Å². The summed E-state index contributed by atoms with van der Waals surface area (Å²) in [7, 11) is 0. The van der Waals surface area contributed by atoms with Gasteiger partial charge in [0.15, 0.2) is 12.1 Å². The molecule has 1 aromatic rings. The molecule has 2 fully saturated rings. The Labute approximate surface area is 123 Å². The van der Waals surface area contributed by atoms with Gasteiger partial charge in [-0.2, -0.15) is 0 Å². The predicted octanol–water partition coefficient (Wildman–Crippen LogP) is 0.654. The summed E-state index contributed by atoms with van der Waals surface area (Å²) in [5.74, 6) is -0.959. The fraction of sp³-hybridized carbons (Fsp3) is 0.533. The highest BCUT2D eigenvalue weighted by molar-refractivity contribution is 5.94. The van der Waals surface area contributed by atoms with E-state index in [1.807, 2.05) is 6.07 Å². The zero-order valence-electron chi connectivity index (χ0n) is 12.0. The van der Waals surface area contributed by atoms with Gasteiger partial charge >= 0.3 is 0 Å². The lowest BCUT2D eigenvalue weighted by Gasteiger charge is -2.23. The van der Waals surface area contributed by atoms with Crippen LogP contribution >= 0.6 is 0 Å². The van der Waals surface area contributed by atoms with Crippen molar-refractivity contribution in [2.45, 2.75) is 44.2 Å². The number of aliphatic hydroxyl groups excluding tert-OH is 1. The fourth-order valence-electron chi connectivity index (χ4n) is 2.61. The van der Waals surface area contributed by atoms with Crippen molar-refractivity contribution in [3.63, 3.8) is 0 Å². The highest BCUT2D eigenvalue weighted by Crippen LogP contribution is 2.37. The van der Waals surface area contributed by atoms with Crippen LogP contribution in [-0.2, 0) is 14.2 Å². The summed E-state index contributed by atoms with van der Waals surface area (Å²) in [6, 6.07) is 8.89. The van der Waals surface area contributed by atoms with Crippen LogP contribution in [-0.4, -0.2) is 47.9 Å². The first-order valence-electron chi connectivity index (χ1n) is 6.99. The molecule has 6 nitrogen and oxygen atoms in total. The molecule has 0 spiro atoms. The number of amides is 1. The van der Waals surface area contributed by atoms with E-state index in [0.717, 1.165) is 0 Å². The zero-order valence-corrected chi connectivity index (χ0v) is 12.0. The molecule has 1 aromatic carbocycles. The molecule has 6 heteroatoms. The molecule has 2 N–H and O–H groups in total. The van der Waals surface area contributed by atoms with E-state index in [2.05, 4.69) is 5.32 Å². The largest absolute Gasteiger partial charge is 0.387 e. The summed E-state index contributed by atoms with van der Waals surface area (Å²) in [4.78, 5) is 11.9. The Kier molecular flexibility index (Phi) is 3.71. The third-order valence-corrected chi connectivity index (χ3v) is 3.61. The average Bonchev–Trinajstić information content (AvgIpc) is 2.91. The number of aliphatic hydroxyl groups is 1. The zero-order chi connectivity index (χ0) is 15.0. The minimum absolute atomic E-state index is 0.203. The Morgan fingerprint density at radius 1 is 1.29 bits per heavy atom. The number of nitrogens with one attached hydrogen (secondary N) is 1. The quantitative estimate of drug-likeness (QED) is 0.856. The van der Waals surface area contributed by atoms with Crippen LogP contribution in [0.4, 0.5) is 0 Å². The lowest BCUT2D eigenvalue weighted by molar-refractivity contribution is -0.213. The van der Waals surface area contributed by atoms with Crippen LogP contribution in [0, 0.1) is 0 Å². The molecule has 0 saturated carbocycles. The first kappa shape index (κ1) is 14.5. The molecule has 0 aromatic heterocycles. The Hall–Kier alpha value is -1.47. The maximum absolute atomic E-state index is 11.9. The number of hydrogen-bond acceptors (Lipinski definition) is 5. The van der Waals surface area contributed by atoms with Gasteiger partial charge in [-0.15, -0.1) is 0 Å². The summed E-state index contributed by atoms with van der Waals surface area (Å²) in [5.41, 5.74) is 0.568. The Morgan fingerprint density at radius 3 is 2.67 bits per heavy atom. The molecule has 1 amide bonds. The number of ether oxygens (including phenoxy) is 3. The van der Waals surface area contributed by atoms with Crippen LogP contribution in [0.5, 0.6) is 0 Å². The van der Waals surface area contributed by atoms with Crippen LogP contribution in [0.3, 0.4) is 0 Å². The molecular formula is C15H19NO5. The highest BCUT2D eigenvalue weighted by atomic mass is 16.8. The molecule has 4 atom stereocenters. The van der Waals surface area contributed by atoms with Crippen molar-refractivity contribution in [2.24, 2.45) is 0 Å². The van der Waals surface area contributed by atoms with Crippen LogP contribution in [0.25, 0.3) is 0 Å². The van der Waals surface area contributed by atoms with Gasteiger partial charge in [0.25, 0.3) is 5.91 Å². The van der Waals surface area contributed by atoms with Gasteiger partial charge in [0.2, 0.25) is 0 Å². The van der Waals surface area contributed by atoms with Gasteiger partial charge in [-0.1, -0.05) is 18.2 Å². The molecule has 2 aliphatic rings. The summed E-state index contributed by atoms with van der Waals surface area (Å²) >= 11 is 0. The highest BCUT2D eigenvalue weighted by Gasteiger charge is 2.54. The average molecular weight is 293 g/mol. The van der Waals surface area contributed by atoms with Crippen molar-refractivity contribution < 1.29 is 24.1 Å². The van der Waals surface area contributed by atoms with Gasteiger partial charge in [0.1, 0.15) is 18.3 Å². The number of hydrogen-bond donors (Lipinski definition) is 2. The molecule has 0 bridgehead atoms. The van der Waals surface area contributed by atoms with Gasteiger partial charge < -0.3 is 24.6 Å². The summed E-state index contributed by atoms with van der Waals surface area (Å²) in [6.45, 7) is 3.75. The molecule has 114 valence electrons. The summed E-state index contributed by atoms with van der Waals surface area (Å²) in [6.07, 6.45) is -2.47. The molecule has 2 heterocycles. The predicted molar refractivity (Wildman–Crippen MR) is 73.5 cm³/mol. The third kappa shape index (κ3) is 2.94. The topological polar surface area (TPSA) is 77.0 Å². The normalized spacial score (nSPS) is 33.7. The second kappa shape index (κ2) is 5.38. The first-order chi connectivity index (χ1) is 9.96. The molecule has 2 aliphatic heterocycles. The molecular weight excluding hydrogens is 274 g/mol. The maximum atomic E-state index is 11.9. The SMILES string of the molecule is CC1(C)O[C@H]2O[C@@H](CNC(=O)c3ccccc3)[C@@H](O)[C@@H]2O1. The van der Waals surface area contributed by atoms with E-state index in [-0.39, 0.29) is 12.5 Å². The third-order valence-electron chi connectivity index (χ3n) is 3.61. The van der Waals surface area contributed by atoms with E-state index in [4.69, 9.17) is 14.2 Å².